The number of methoxy groups -OCH3 is 2. The Morgan fingerprint density at radius 3 is 2.72 bits per heavy atom. The van der Waals surface area contributed by atoms with Crippen LogP contribution in [0, 0.1) is 11.3 Å². The van der Waals surface area contributed by atoms with Gasteiger partial charge in [0, 0.05) is 13.1 Å². The molecular weight excluding hydrogens is 392 g/mol. The molecule has 0 N–H and O–H groups in total. The molecule has 1 aromatic heterocycles. The van der Waals surface area contributed by atoms with Gasteiger partial charge in [0.25, 0.3) is 0 Å². The summed E-state index contributed by atoms with van der Waals surface area (Å²) in [5.74, 6) is 1.23. The van der Waals surface area contributed by atoms with Gasteiger partial charge in [0.2, 0.25) is 11.1 Å². The Labute approximate surface area is 174 Å². The number of hydrogen-bond donors (Lipinski definition) is 0. The van der Waals surface area contributed by atoms with Gasteiger partial charge in [-0.25, -0.2) is 0 Å². The van der Waals surface area contributed by atoms with E-state index < -0.39 is 5.54 Å². The molecule has 10 heteroatoms. The molecule has 1 amide bonds. The van der Waals surface area contributed by atoms with Crippen molar-refractivity contribution < 1.29 is 14.3 Å². The molecule has 1 aliphatic carbocycles. The zero-order chi connectivity index (χ0) is 20.9. The van der Waals surface area contributed by atoms with Crippen molar-refractivity contribution in [1.82, 2.24) is 25.1 Å². The van der Waals surface area contributed by atoms with E-state index >= 15 is 0 Å². The molecule has 3 rings (SSSR count). The zero-order valence-electron chi connectivity index (χ0n) is 16.8. The van der Waals surface area contributed by atoms with E-state index in [9.17, 15) is 10.1 Å². The second kappa shape index (κ2) is 9.13. The topological polar surface area (TPSA) is 106 Å². The van der Waals surface area contributed by atoms with E-state index in [1.54, 1.807) is 44.4 Å². The first kappa shape index (κ1) is 20.9. The minimum atomic E-state index is -0.710. The molecule has 0 saturated heterocycles. The van der Waals surface area contributed by atoms with Crippen LogP contribution in [0.2, 0.25) is 0 Å². The maximum atomic E-state index is 12.8. The van der Waals surface area contributed by atoms with E-state index in [-0.39, 0.29) is 11.7 Å². The van der Waals surface area contributed by atoms with Gasteiger partial charge in [0.05, 0.1) is 26.0 Å². The molecule has 0 radical (unpaired) electrons. The molecule has 0 bridgehead atoms. The number of carbonyl (C=O) groups is 1. The van der Waals surface area contributed by atoms with E-state index in [0.29, 0.717) is 22.3 Å². The van der Waals surface area contributed by atoms with E-state index in [0.717, 1.165) is 32.1 Å². The van der Waals surface area contributed by atoms with Crippen molar-refractivity contribution in [3.63, 3.8) is 0 Å². The fourth-order valence-corrected chi connectivity index (χ4v) is 4.30. The van der Waals surface area contributed by atoms with Crippen molar-refractivity contribution in [2.75, 3.05) is 27.0 Å². The van der Waals surface area contributed by atoms with Crippen molar-refractivity contribution in [3.05, 3.63) is 18.2 Å². The summed E-state index contributed by atoms with van der Waals surface area (Å²) in [6.07, 6.45) is 4.47. The number of nitrogens with zero attached hydrogens (tertiary/aromatic N) is 6. The minimum Gasteiger partial charge on any atom is -0.497 e. The van der Waals surface area contributed by atoms with Crippen LogP contribution in [0.15, 0.2) is 23.4 Å². The van der Waals surface area contributed by atoms with Gasteiger partial charge in [0.15, 0.2) is 0 Å². The summed E-state index contributed by atoms with van der Waals surface area (Å²) in [4.78, 5) is 14.4. The number of nitriles is 1. The zero-order valence-corrected chi connectivity index (χ0v) is 17.6. The maximum absolute atomic E-state index is 12.8. The number of amides is 1. The third kappa shape index (κ3) is 4.29. The number of hydrogen-bond acceptors (Lipinski definition) is 8. The highest BCUT2D eigenvalue weighted by atomic mass is 32.2. The molecule has 29 heavy (non-hydrogen) atoms. The summed E-state index contributed by atoms with van der Waals surface area (Å²) in [7, 11) is 4.85. The lowest BCUT2D eigenvalue weighted by molar-refractivity contribution is -0.131. The number of benzene rings is 1. The van der Waals surface area contributed by atoms with Gasteiger partial charge >= 0.3 is 0 Å². The van der Waals surface area contributed by atoms with Crippen LogP contribution in [-0.4, -0.2) is 63.6 Å². The largest absolute Gasteiger partial charge is 0.497 e. The lowest BCUT2D eigenvalue weighted by Crippen LogP contribution is -2.50. The average Bonchev–Trinajstić information content (AvgIpc) is 3.25. The van der Waals surface area contributed by atoms with Gasteiger partial charge in [0.1, 0.15) is 22.7 Å². The summed E-state index contributed by atoms with van der Waals surface area (Å²) in [5, 5.41) is 22.0. The Kier molecular flexibility index (Phi) is 6.59. The predicted molar refractivity (Wildman–Crippen MR) is 107 cm³/mol. The Morgan fingerprint density at radius 1 is 1.31 bits per heavy atom. The first-order valence-corrected chi connectivity index (χ1v) is 10.3. The fourth-order valence-electron chi connectivity index (χ4n) is 3.50. The first-order valence-electron chi connectivity index (χ1n) is 9.36. The molecule has 0 spiro atoms. The fraction of sp³-hybridized carbons (Fsp3) is 0.526. The van der Waals surface area contributed by atoms with Crippen LogP contribution >= 0.6 is 11.8 Å². The molecule has 9 nitrogen and oxygen atoms in total. The van der Waals surface area contributed by atoms with E-state index in [1.807, 2.05) is 0 Å². The molecule has 2 aromatic rings. The number of rotatable bonds is 7. The molecule has 1 saturated carbocycles. The van der Waals surface area contributed by atoms with Crippen LogP contribution in [0.1, 0.15) is 32.1 Å². The smallest absolute Gasteiger partial charge is 0.234 e. The third-order valence-electron chi connectivity index (χ3n) is 5.28. The molecule has 154 valence electrons. The molecule has 1 aliphatic rings. The van der Waals surface area contributed by atoms with Crippen molar-refractivity contribution in [3.8, 4) is 23.3 Å². The number of ether oxygens (including phenoxy) is 2. The molecule has 0 atom stereocenters. The monoisotopic (exact) mass is 416 g/mol. The molecule has 1 heterocycles. The lowest BCUT2D eigenvalue weighted by Gasteiger charge is -2.39. The quantitative estimate of drug-likeness (QED) is 0.634. The highest BCUT2D eigenvalue weighted by Gasteiger charge is 2.38. The van der Waals surface area contributed by atoms with Crippen LogP contribution in [0.4, 0.5) is 0 Å². The number of thioether (sulfide) groups is 1. The number of aromatic nitrogens is 4. The average molecular weight is 417 g/mol. The van der Waals surface area contributed by atoms with Gasteiger partial charge in [-0.2, -0.15) is 9.94 Å². The van der Waals surface area contributed by atoms with Crippen LogP contribution in [0.3, 0.4) is 0 Å². The highest BCUT2D eigenvalue weighted by Crippen LogP contribution is 2.33. The summed E-state index contributed by atoms with van der Waals surface area (Å²) < 4.78 is 12.2. The van der Waals surface area contributed by atoms with Crippen molar-refractivity contribution in [2.24, 2.45) is 0 Å². The molecular formula is C19H24N6O3S. The normalized spacial score (nSPS) is 15.4. The standard InChI is InChI=1S/C19H24N6O3S/c1-24(19(13-20)9-5-4-6-10-19)17(26)12-29-18-21-22-23-25(18)15-11-14(27-2)7-8-16(15)28-3/h7-8,11H,4-6,9-10,12H2,1-3H3. The van der Waals surface area contributed by atoms with Gasteiger partial charge in [-0.05, 0) is 35.4 Å². The second-order valence-corrected chi connectivity index (χ2v) is 7.80. The first-order chi connectivity index (χ1) is 14.0. The summed E-state index contributed by atoms with van der Waals surface area (Å²) in [5.41, 5.74) is -0.0985. The van der Waals surface area contributed by atoms with Gasteiger partial charge in [-0.15, -0.1) is 5.10 Å². The van der Waals surface area contributed by atoms with Crippen molar-refractivity contribution in [2.45, 2.75) is 42.8 Å². The van der Waals surface area contributed by atoms with E-state index in [4.69, 9.17) is 9.47 Å². The second-order valence-electron chi connectivity index (χ2n) is 6.86. The SMILES string of the molecule is COc1ccc(OC)c(-n2nnnc2SCC(=O)N(C)C2(C#N)CCCCC2)c1. The summed E-state index contributed by atoms with van der Waals surface area (Å²) in [6, 6.07) is 7.69. The van der Waals surface area contributed by atoms with Gasteiger partial charge in [-0.3, -0.25) is 4.79 Å². The Bertz CT molecular complexity index is 904. The summed E-state index contributed by atoms with van der Waals surface area (Å²) in [6.45, 7) is 0. The highest BCUT2D eigenvalue weighted by molar-refractivity contribution is 7.99. The van der Waals surface area contributed by atoms with Crippen LogP contribution < -0.4 is 9.47 Å². The van der Waals surface area contributed by atoms with Crippen molar-refractivity contribution in [1.29, 1.82) is 5.26 Å². The molecule has 0 unspecified atom stereocenters. The van der Waals surface area contributed by atoms with Crippen molar-refractivity contribution >= 4 is 17.7 Å². The van der Waals surface area contributed by atoms with E-state index in [2.05, 4.69) is 21.6 Å². The van der Waals surface area contributed by atoms with Crippen LogP contribution in [-0.2, 0) is 4.79 Å². The Hall–Kier alpha value is -2.80. The predicted octanol–water partition coefficient (Wildman–Crippen LogP) is 2.46. The number of carbonyl (C=O) groups excluding carboxylic acids is 1. The molecule has 0 aliphatic heterocycles. The van der Waals surface area contributed by atoms with E-state index in [1.165, 1.54) is 16.4 Å². The molecule has 1 fully saturated rings. The Morgan fingerprint density at radius 2 is 2.07 bits per heavy atom. The van der Waals surface area contributed by atoms with Crippen LogP contribution in [0.25, 0.3) is 5.69 Å². The minimum absolute atomic E-state index is 0.120. The van der Waals surface area contributed by atoms with Gasteiger partial charge in [-0.1, -0.05) is 31.0 Å². The number of tetrazole rings is 1. The Balaban J connectivity index is 1.76. The lowest BCUT2D eigenvalue weighted by atomic mass is 9.81. The van der Waals surface area contributed by atoms with Crippen LogP contribution in [0.5, 0.6) is 11.5 Å². The van der Waals surface area contributed by atoms with Gasteiger partial charge < -0.3 is 14.4 Å². The maximum Gasteiger partial charge on any atom is 0.234 e. The summed E-state index contributed by atoms with van der Waals surface area (Å²) >= 11 is 1.22. The molecule has 1 aromatic carbocycles. The third-order valence-corrected chi connectivity index (χ3v) is 6.19.